The predicted molar refractivity (Wildman–Crippen MR) is 140 cm³/mol. The molecule has 1 saturated heterocycles. The van der Waals surface area contributed by atoms with Gasteiger partial charge in [-0.1, -0.05) is 13.8 Å². The van der Waals surface area contributed by atoms with Crippen LogP contribution in [-0.2, 0) is 11.3 Å². The van der Waals surface area contributed by atoms with Gasteiger partial charge in [-0.15, -0.1) is 24.0 Å². The number of guanidine groups is 1. The Morgan fingerprint density at radius 3 is 2.19 bits per heavy atom. The van der Waals surface area contributed by atoms with Gasteiger partial charge in [0, 0.05) is 44.4 Å². The minimum Gasteiger partial charge on any atom is -0.496 e. The molecule has 0 aromatic heterocycles. The summed E-state index contributed by atoms with van der Waals surface area (Å²) in [5.74, 6) is 3.49. The molecule has 0 saturated carbocycles. The minimum absolute atomic E-state index is 0. The lowest BCUT2D eigenvalue weighted by molar-refractivity contribution is 0.0132. The zero-order valence-electron chi connectivity index (χ0n) is 20.4. The second-order valence-corrected chi connectivity index (χ2v) is 8.02. The number of morpholine rings is 1. The van der Waals surface area contributed by atoms with Crippen molar-refractivity contribution >= 4 is 29.9 Å². The lowest BCUT2D eigenvalue weighted by Crippen LogP contribution is -2.51. The number of nitrogens with one attached hydrogen (secondary N) is 2. The summed E-state index contributed by atoms with van der Waals surface area (Å²) < 4.78 is 22.0. The van der Waals surface area contributed by atoms with Crippen molar-refractivity contribution in [3.8, 4) is 17.2 Å². The minimum atomic E-state index is 0. The second-order valence-electron chi connectivity index (χ2n) is 8.02. The Labute approximate surface area is 210 Å². The fraction of sp³-hybridized carbons (Fsp3) is 0.696. The molecule has 8 nitrogen and oxygen atoms in total. The number of nitrogens with zero attached hydrogens (tertiary/aromatic N) is 2. The molecule has 2 rings (SSSR count). The highest BCUT2D eigenvalue weighted by Crippen LogP contribution is 2.34. The molecule has 0 spiro atoms. The molecular formula is C23H41IN4O4. The molecular weight excluding hydrogens is 523 g/mol. The van der Waals surface area contributed by atoms with Crippen molar-refractivity contribution in [3.63, 3.8) is 0 Å². The van der Waals surface area contributed by atoms with E-state index in [4.69, 9.17) is 23.9 Å². The maximum atomic E-state index is 5.56. The molecule has 1 heterocycles. The predicted octanol–water partition coefficient (Wildman–Crippen LogP) is 3.13. The topological polar surface area (TPSA) is 76.6 Å². The van der Waals surface area contributed by atoms with E-state index in [1.54, 1.807) is 21.3 Å². The monoisotopic (exact) mass is 564 g/mol. The highest BCUT2D eigenvalue weighted by atomic mass is 127. The molecule has 0 radical (unpaired) electrons. The van der Waals surface area contributed by atoms with Gasteiger partial charge in [-0.3, -0.25) is 4.90 Å². The number of hydrogen-bond donors (Lipinski definition) is 2. The molecule has 184 valence electrons. The van der Waals surface area contributed by atoms with Gasteiger partial charge < -0.3 is 29.6 Å². The van der Waals surface area contributed by atoms with Gasteiger partial charge in [-0.2, -0.15) is 0 Å². The maximum Gasteiger partial charge on any atom is 0.191 e. The largest absolute Gasteiger partial charge is 0.496 e. The van der Waals surface area contributed by atoms with Crippen molar-refractivity contribution in [1.29, 1.82) is 0 Å². The van der Waals surface area contributed by atoms with Crippen LogP contribution in [0, 0.1) is 5.92 Å². The van der Waals surface area contributed by atoms with Gasteiger partial charge in [-0.05, 0) is 19.3 Å². The van der Waals surface area contributed by atoms with Crippen LogP contribution in [0.3, 0.4) is 0 Å². The highest BCUT2D eigenvalue weighted by Gasteiger charge is 2.22. The van der Waals surface area contributed by atoms with Crippen LogP contribution in [0.1, 0.15) is 32.8 Å². The van der Waals surface area contributed by atoms with Crippen LogP contribution >= 0.6 is 24.0 Å². The van der Waals surface area contributed by atoms with Gasteiger partial charge in [0.25, 0.3) is 0 Å². The number of aliphatic imine (C=N–C) groups is 1. The fourth-order valence-corrected chi connectivity index (χ4v) is 3.80. The van der Waals surface area contributed by atoms with Crippen molar-refractivity contribution in [3.05, 3.63) is 17.7 Å². The molecule has 0 amide bonds. The first-order valence-electron chi connectivity index (χ1n) is 11.1. The van der Waals surface area contributed by atoms with Crippen LogP contribution in [0.5, 0.6) is 17.2 Å². The van der Waals surface area contributed by atoms with E-state index in [2.05, 4.69) is 36.3 Å². The van der Waals surface area contributed by atoms with Crippen LogP contribution < -0.4 is 24.8 Å². The van der Waals surface area contributed by atoms with Crippen LogP contribution in [0.15, 0.2) is 17.1 Å². The van der Waals surface area contributed by atoms with Crippen molar-refractivity contribution in [2.24, 2.45) is 10.9 Å². The Kier molecular flexibility index (Phi) is 13.7. The van der Waals surface area contributed by atoms with E-state index in [1.165, 1.54) is 0 Å². The van der Waals surface area contributed by atoms with E-state index in [9.17, 15) is 0 Å². The number of hydrogen-bond acceptors (Lipinski definition) is 6. The number of benzene rings is 1. The fourth-order valence-electron chi connectivity index (χ4n) is 3.80. The molecule has 0 bridgehead atoms. The average Bonchev–Trinajstić information content (AvgIpc) is 2.79. The summed E-state index contributed by atoms with van der Waals surface area (Å²) >= 11 is 0. The summed E-state index contributed by atoms with van der Waals surface area (Å²) in [6, 6.07) is 4.15. The van der Waals surface area contributed by atoms with Gasteiger partial charge in [-0.25, -0.2) is 4.99 Å². The summed E-state index contributed by atoms with van der Waals surface area (Å²) in [7, 11) is 4.91. The summed E-state index contributed by atoms with van der Waals surface area (Å²) in [5, 5.41) is 6.89. The molecule has 32 heavy (non-hydrogen) atoms. The summed E-state index contributed by atoms with van der Waals surface area (Å²) in [4.78, 5) is 7.33. The quantitative estimate of drug-likeness (QED) is 0.243. The van der Waals surface area contributed by atoms with E-state index in [-0.39, 0.29) is 24.0 Å². The molecule has 1 atom stereocenters. The number of ether oxygens (including phenoxy) is 4. The number of methoxy groups -OCH3 is 3. The molecule has 1 aliphatic heterocycles. The summed E-state index contributed by atoms with van der Waals surface area (Å²) in [6.45, 7) is 12.2. The Morgan fingerprint density at radius 2 is 1.69 bits per heavy atom. The Bertz CT molecular complexity index is 672. The van der Waals surface area contributed by atoms with Crippen molar-refractivity contribution in [1.82, 2.24) is 15.5 Å². The highest BCUT2D eigenvalue weighted by molar-refractivity contribution is 14.0. The van der Waals surface area contributed by atoms with E-state index in [0.717, 1.165) is 57.3 Å². The smallest absolute Gasteiger partial charge is 0.191 e. The van der Waals surface area contributed by atoms with E-state index >= 15 is 0 Å². The van der Waals surface area contributed by atoms with Crippen LogP contribution in [0.2, 0.25) is 0 Å². The third kappa shape index (κ3) is 8.82. The molecule has 0 aliphatic carbocycles. The van der Waals surface area contributed by atoms with Crippen molar-refractivity contribution in [2.45, 2.75) is 39.8 Å². The third-order valence-corrected chi connectivity index (χ3v) is 5.37. The van der Waals surface area contributed by atoms with E-state index < -0.39 is 0 Å². The first-order chi connectivity index (χ1) is 15.0. The van der Waals surface area contributed by atoms with E-state index in [0.29, 0.717) is 35.8 Å². The molecule has 2 N–H and O–H groups in total. The first kappa shape index (κ1) is 28.6. The molecule has 1 unspecified atom stereocenters. The molecule has 1 fully saturated rings. The van der Waals surface area contributed by atoms with Gasteiger partial charge in [0.05, 0.1) is 46.7 Å². The van der Waals surface area contributed by atoms with Gasteiger partial charge in [0.15, 0.2) is 5.96 Å². The normalized spacial score (nSPS) is 15.7. The molecule has 1 aliphatic rings. The number of halogens is 1. The van der Waals surface area contributed by atoms with Crippen LogP contribution in [0.4, 0.5) is 0 Å². The van der Waals surface area contributed by atoms with Crippen molar-refractivity contribution in [2.75, 3.05) is 60.7 Å². The van der Waals surface area contributed by atoms with Crippen molar-refractivity contribution < 1.29 is 18.9 Å². The zero-order valence-corrected chi connectivity index (χ0v) is 22.7. The van der Waals surface area contributed by atoms with Gasteiger partial charge >= 0.3 is 0 Å². The van der Waals surface area contributed by atoms with Gasteiger partial charge in [0.2, 0.25) is 0 Å². The molecule has 9 heteroatoms. The second kappa shape index (κ2) is 15.4. The Morgan fingerprint density at radius 1 is 1.06 bits per heavy atom. The Hall–Kier alpha value is -1.46. The lowest BCUT2D eigenvalue weighted by Gasteiger charge is -2.35. The summed E-state index contributed by atoms with van der Waals surface area (Å²) in [6.07, 6.45) is 1.13. The molecule has 1 aromatic carbocycles. The maximum absolute atomic E-state index is 5.56. The van der Waals surface area contributed by atoms with Crippen LogP contribution in [-0.4, -0.2) is 77.6 Å². The Balaban J connectivity index is 0.00000512. The first-order valence-corrected chi connectivity index (χ1v) is 11.1. The van der Waals surface area contributed by atoms with Crippen LogP contribution in [0.25, 0.3) is 0 Å². The van der Waals surface area contributed by atoms with E-state index in [1.807, 2.05) is 12.1 Å². The van der Waals surface area contributed by atoms with Gasteiger partial charge in [0.1, 0.15) is 17.2 Å². The SMILES string of the molecule is CCNC(=NCc1c(OC)cc(OC)cc1OC)NCC(CC(C)C)N1CCOCC1.I. The lowest BCUT2D eigenvalue weighted by atomic mass is 10.0. The third-order valence-electron chi connectivity index (χ3n) is 5.37. The standard InChI is InChI=1S/C23H40N4O4.HI/c1-7-24-23(25-15-18(12-17(2)3)27-8-10-31-11-9-27)26-16-20-21(29-5)13-19(28-4)14-22(20)30-6;/h13-14,17-18H,7-12,15-16H2,1-6H3,(H2,24,25,26);1H. The zero-order chi connectivity index (χ0) is 22.6. The summed E-state index contributed by atoms with van der Waals surface area (Å²) in [5.41, 5.74) is 0.884. The average molecular weight is 565 g/mol. The molecule has 1 aromatic rings. The number of rotatable bonds is 11.